The summed E-state index contributed by atoms with van der Waals surface area (Å²) in [6.07, 6.45) is 0.751. The lowest BCUT2D eigenvalue weighted by Gasteiger charge is -2.23. The summed E-state index contributed by atoms with van der Waals surface area (Å²) in [5, 5.41) is 8.80. The normalized spacial score (nSPS) is 12.4. The van der Waals surface area contributed by atoms with Crippen molar-refractivity contribution in [3.8, 4) is 0 Å². The Kier molecular flexibility index (Phi) is 3.81. The molecule has 1 aromatic carbocycles. The number of aliphatic carboxylic acids is 1. The number of hydrogen-bond donors (Lipinski definition) is 1. The molecule has 0 saturated heterocycles. The van der Waals surface area contributed by atoms with E-state index in [1.54, 1.807) is 13.8 Å². The zero-order valence-electron chi connectivity index (χ0n) is 10.4. The van der Waals surface area contributed by atoms with Crippen LogP contribution in [0.3, 0.4) is 0 Å². The summed E-state index contributed by atoms with van der Waals surface area (Å²) in [4.78, 5) is 10.3. The molecule has 0 aliphatic carbocycles. The van der Waals surface area contributed by atoms with Crippen molar-refractivity contribution in [1.29, 1.82) is 0 Å². The van der Waals surface area contributed by atoms with Crippen LogP contribution in [-0.2, 0) is 20.0 Å². The fraction of sp³-hybridized carbons (Fsp3) is 0.417. The van der Waals surface area contributed by atoms with Crippen LogP contribution in [0.15, 0.2) is 23.1 Å². The maximum atomic E-state index is 13.4. The molecule has 0 amide bonds. The molecular weight excluding hydrogens is 259 g/mol. The van der Waals surface area contributed by atoms with Crippen molar-refractivity contribution < 1.29 is 22.7 Å². The van der Waals surface area contributed by atoms with E-state index in [-0.39, 0.29) is 6.42 Å². The molecule has 18 heavy (non-hydrogen) atoms. The van der Waals surface area contributed by atoms with Crippen molar-refractivity contribution in [3.63, 3.8) is 0 Å². The van der Waals surface area contributed by atoms with Gasteiger partial charge in [-0.2, -0.15) is 0 Å². The van der Waals surface area contributed by atoms with E-state index in [1.165, 1.54) is 12.1 Å². The Morgan fingerprint density at radius 3 is 2.39 bits per heavy atom. The Morgan fingerprint density at radius 1 is 1.39 bits per heavy atom. The third-order valence-electron chi connectivity index (χ3n) is 2.71. The van der Waals surface area contributed by atoms with E-state index >= 15 is 0 Å². The minimum atomic E-state index is -3.67. The Labute approximate surface area is 105 Å². The SMILES string of the molecule is CC(C)(CC(=O)O)c1ccc(F)c(S(C)(=O)=O)c1. The largest absolute Gasteiger partial charge is 0.481 e. The van der Waals surface area contributed by atoms with Gasteiger partial charge in [-0.15, -0.1) is 0 Å². The molecule has 4 nitrogen and oxygen atoms in total. The number of rotatable bonds is 4. The van der Waals surface area contributed by atoms with Gasteiger partial charge >= 0.3 is 5.97 Å². The number of hydrogen-bond acceptors (Lipinski definition) is 3. The molecular formula is C12H15FO4S. The number of sulfone groups is 1. The van der Waals surface area contributed by atoms with E-state index in [2.05, 4.69) is 0 Å². The van der Waals surface area contributed by atoms with Crippen LogP contribution in [-0.4, -0.2) is 25.7 Å². The standard InChI is InChI=1S/C12H15FO4S/c1-12(2,7-11(14)15)8-4-5-9(13)10(6-8)18(3,16)17/h4-6H,7H2,1-3H3,(H,14,15). The second kappa shape index (κ2) is 4.68. The van der Waals surface area contributed by atoms with E-state index in [1.807, 2.05) is 0 Å². The molecule has 0 atom stereocenters. The molecule has 0 saturated carbocycles. The van der Waals surface area contributed by atoms with Gasteiger partial charge in [0, 0.05) is 11.7 Å². The van der Waals surface area contributed by atoms with Gasteiger partial charge < -0.3 is 5.11 Å². The second-order valence-corrected chi connectivity index (χ2v) is 6.86. The average Bonchev–Trinajstić information content (AvgIpc) is 2.13. The van der Waals surface area contributed by atoms with Crippen LogP contribution in [0.1, 0.15) is 25.8 Å². The molecule has 1 aromatic rings. The van der Waals surface area contributed by atoms with Gasteiger partial charge in [-0.1, -0.05) is 19.9 Å². The van der Waals surface area contributed by atoms with Gasteiger partial charge in [0.25, 0.3) is 0 Å². The zero-order chi connectivity index (χ0) is 14.1. The van der Waals surface area contributed by atoms with Crippen molar-refractivity contribution in [2.24, 2.45) is 0 Å². The van der Waals surface area contributed by atoms with Crippen LogP contribution in [0, 0.1) is 5.82 Å². The van der Waals surface area contributed by atoms with Crippen LogP contribution < -0.4 is 0 Å². The smallest absolute Gasteiger partial charge is 0.304 e. The number of benzene rings is 1. The molecule has 1 N–H and O–H groups in total. The second-order valence-electron chi connectivity index (χ2n) is 4.87. The highest BCUT2D eigenvalue weighted by Gasteiger charge is 2.26. The zero-order valence-corrected chi connectivity index (χ0v) is 11.2. The lowest BCUT2D eigenvalue weighted by atomic mass is 9.82. The van der Waals surface area contributed by atoms with E-state index in [4.69, 9.17) is 5.11 Å². The van der Waals surface area contributed by atoms with Gasteiger partial charge in [0.15, 0.2) is 9.84 Å². The molecule has 0 heterocycles. The molecule has 0 unspecified atom stereocenters. The van der Waals surface area contributed by atoms with Gasteiger partial charge in [-0.25, -0.2) is 12.8 Å². The molecule has 0 spiro atoms. The van der Waals surface area contributed by atoms with Gasteiger partial charge in [-0.05, 0) is 17.7 Å². The summed E-state index contributed by atoms with van der Waals surface area (Å²) in [6, 6.07) is 3.66. The predicted octanol–water partition coefficient (Wildman–Crippen LogP) is 1.98. The van der Waals surface area contributed by atoms with Gasteiger partial charge in [0.05, 0.1) is 6.42 Å². The summed E-state index contributed by atoms with van der Waals surface area (Å²) in [5.41, 5.74) is -0.286. The fourth-order valence-corrected chi connectivity index (χ4v) is 2.45. The van der Waals surface area contributed by atoms with Gasteiger partial charge in [-0.3, -0.25) is 4.79 Å². The molecule has 0 bridgehead atoms. The summed E-state index contributed by atoms with van der Waals surface area (Å²) in [6.45, 7) is 3.33. The number of carboxylic acid groups (broad SMARTS) is 1. The number of halogens is 1. The van der Waals surface area contributed by atoms with Crippen LogP contribution in [0.25, 0.3) is 0 Å². The van der Waals surface area contributed by atoms with Crippen LogP contribution in [0.5, 0.6) is 0 Å². The first-order valence-corrected chi connectivity index (χ1v) is 7.15. The number of carboxylic acids is 1. The Balaban J connectivity index is 3.33. The van der Waals surface area contributed by atoms with E-state index in [0.717, 1.165) is 12.3 Å². The predicted molar refractivity (Wildman–Crippen MR) is 64.8 cm³/mol. The monoisotopic (exact) mass is 274 g/mol. The van der Waals surface area contributed by atoms with Gasteiger partial charge in [0.1, 0.15) is 10.7 Å². The lowest BCUT2D eigenvalue weighted by molar-refractivity contribution is -0.138. The van der Waals surface area contributed by atoms with Crippen LogP contribution in [0.2, 0.25) is 0 Å². The van der Waals surface area contributed by atoms with Crippen LogP contribution in [0.4, 0.5) is 4.39 Å². The molecule has 1 rings (SSSR count). The van der Waals surface area contributed by atoms with E-state index in [9.17, 15) is 17.6 Å². The third kappa shape index (κ3) is 3.29. The summed E-state index contributed by atoms with van der Waals surface area (Å²) >= 11 is 0. The average molecular weight is 274 g/mol. The molecule has 0 aliphatic heterocycles. The molecule has 0 radical (unpaired) electrons. The minimum absolute atomic E-state index is 0.165. The van der Waals surface area contributed by atoms with Crippen molar-refractivity contribution >= 4 is 15.8 Å². The lowest BCUT2D eigenvalue weighted by Crippen LogP contribution is -2.22. The molecule has 0 fully saturated rings. The molecule has 0 aliphatic rings. The highest BCUT2D eigenvalue weighted by molar-refractivity contribution is 7.90. The summed E-state index contributed by atoms with van der Waals surface area (Å²) in [5.74, 6) is -1.82. The first-order valence-electron chi connectivity index (χ1n) is 5.26. The maximum absolute atomic E-state index is 13.4. The number of carbonyl (C=O) groups is 1. The fourth-order valence-electron chi connectivity index (χ4n) is 1.69. The topological polar surface area (TPSA) is 71.4 Å². The van der Waals surface area contributed by atoms with Crippen molar-refractivity contribution in [2.75, 3.05) is 6.26 Å². The summed E-state index contributed by atoms with van der Waals surface area (Å²) in [7, 11) is -3.67. The van der Waals surface area contributed by atoms with Crippen molar-refractivity contribution in [2.45, 2.75) is 30.6 Å². The van der Waals surface area contributed by atoms with Gasteiger partial charge in [0.2, 0.25) is 0 Å². The molecule has 6 heteroatoms. The van der Waals surface area contributed by atoms with E-state index in [0.29, 0.717) is 5.56 Å². The highest BCUT2D eigenvalue weighted by Crippen LogP contribution is 2.29. The highest BCUT2D eigenvalue weighted by atomic mass is 32.2. The van der Waals surface area contributed by atoms with Crippen molar-refractivity contribution in [1.82, 2.24) is 0 Å². The quantitative estimate of drug-likeness (QED) is 0.911. The van der Waals surface area contributed by atoms with E-state index < -0.39 is 31.9 Å². The van der Waals surface area contributed by atoms with Crippen molar-refractivity contribution in [3.05, 3.63) is 29.6 Å². The summed E-state index contributed by atoms with van der Waals surface area (Å²) < 4.78 is 36.2. The first kappa shape index (κ1) is 14.6. The first-order chi connectivity index (χ1) is 8.04. The Hall–Kier alpha value is -1.43. The molecule has 100 valence electrons. The Bertz CT molecular complexity index is 576. The maximum Gasteiger partial charge on any atom is 0.304 e. The third-order valence-corrected chi connectivity index (χ3v) is 3.82. The van der Waals surface area contributed by atoms with Crippen LogP contribution >= 0.6 is 0 Å². The minimum Gasteiger partial charge on any atom is -0.481 e. The molecule has 0 aromatic heterocycles. The Morgan fingerprint density at radius 2 is 1.94 bits per heavy atom.